The third kappa shape index (κ3) is 4.18. The Bertz CT molecular complexity index is 1080. The van der Waals surface area contributed by atoms with Crippen LogP contribution in [0.25, 0.3) is 6.08 Å². The van der Waals surface area contributed by atoms with E-state index in [1.807, 2.05) is 0 Å². The van der Waals surface area contributed by atoms with Crippen LogP contribution in [0.4, 0.5) is 4.39 Å². The predicted molar refractivity (Wildman–Crippen MR) is 108 cm³/mol. The molecule has 1 fully saturated rings. The highest BCUT2D eigenvalue weighted by Crippen LogP contribution is 2.35. The Kier molecular flexibility index (Phi) is 5.73. The van der Waals surface area contributed by atoms with Crippen molar-refractivity contribution in [2.45, 2.75) is 4.90 Å². The Hall–Kier alpha value is -2.43. The monoisotopic (exact) mass is 439 g/mol. The van der Waals surface area contributed by atoms with Crippen LogP contribution in [0.1, 0.15) is 5.56 Å². The first-order valence-electron chi connectivity index (χ1n) is 7.81. The summed E-state index contributed by atoms with van der Waals surface area (Å²) in [7, 11) is -1.21. The maximum atomic E-state index is 13.0. The lowest BCUT2D eigenvalue weighted by Crippen LogP contribution is -2.22. The molecular formula is C18H14FNO5S3. The topological polar surface area (TPSA) is 72.9 Å². The van der Waals surface area contributed by atoms with Crippen LogP contribution in [-0.4, -0.2) is 37.7 Å². The normalized spacial score (nSPS) is 16.0. The van der Waals surface area contributed by atoms with Gasteiger partial charge in [-0.1, -0.05) is 30.0 Å². The van der Waals surface area contributed by atoms with Gasteiger partial charge in [0.15, 0.2) is 11.5 Å². The largest absolute Gasteiger partial charge is 0.493 e. The van der Waals surface area contributed by atoms with Crippen molar-refractivity contribution in [1.82, 2.24) is 4.90 Å². The van der Waals surface area contributed by atoms with Gasteiger partial charge in [0.1, 0.15) is 15.0 Å². The second-order valence-electron chi connectivity index (χ2n) is 5.64. The molecule has 0 unspecified atom stereocenters. The number of ether oxygens (including phenoxy) is 1. The van der Waals surface area contributed by atoms with Gasteiger partial charge in [-0.3, -0.25) is 9.69 Å². The van der Waals surface area contributed by atoms with Crippen molar-refractivity contribution in [3.63, 3.8) is 0 Å². The van der Waals surface area contributed by atoms with E-state index in [0.29, 0.717) is 14.8 Å². The van der Waals surface area contributed by atoms with E-state index in [1.54, 1.807) is 19.2 Å². The summed E-state index contributed by atoms with van der Waals surface area (Å²) >= 11 is 6.26. The Balaban J connectivity index is 1.89. The summed E-state index contributed by atoms with van der Waals surface area (Å²) in [6, 6.07) is 8.81. The molecule has 1 saturated heterocycles. The van der Waals surface area contributed by atoms with Gasteiger partial charge in [0, 0.05) is 7.05 Å². The highest BCUT2D eigenvalue weighted by atomic mass is 32.2. The minimum atomic E-state index is -4.17. The van der Waals surface area contributed by atoms with Crippen molar-refractivity contribution in [2.24, 2.45) is 0 Å². The quantitative estimate of drug-likeness (QED) is 0.401. The Morgan fingerprint density at radius 3 is 2.39 bits per heavy atom. The molecule has 2 aromatic rings. The average Bonchev–Trinajstić information content (AvgIpc) is 2.90. The molecule has 2 aromatic carbocycles. The predicted octanol–water partition coefficient (Wildman–Crippen LogP) is 3.43. The first kappa shape index (κ1) is 20.3. The van der Waals surface area contributed by atoms with Crippen LogP contribution in [0.15, 0.2) is 52.3 Å². The molecule has 1 aliphatic heterocycles. The van der Waals surface area contributed by atoms with Gasteiger partial charge in [-0.2, -0.15) is 8.42 Å². The van der Waals surface area contributed by atoms with Crippen molar-refractivity contribution >= 4 is 50.4 Å². The van der Waals surface area contributed by atoms with Crippen LogP contribution < -0.4 is 8.92 Å². The molecule has 0 N–H and O–H groups in total. The van der Waals surface area contributed by atoms with Gasteiger partial charge in [0.25, 0.3) is 5.91 Å². The Morgan fingerprint density at radius 2 is 1.82 bits per heavy atom. The SMILES string of the molecule is COc1cc(C=C2SC(=S)N(C)C2=O)ccc1OS(=O)(=O)c1ccc(F)cc1. The lowest BCUT2D eigenvalue weighted by atomic mass is 10.2. The molecule has 0 saturated carbocycles. The third-order valence-electron chi connectivity index (χ3n) is 3.77. The van der Waals surface area contributed by atoms with E-state index in [0.717, 1.165) is 24.3 Å². The molecule has 3 rings (SSSR count). The zero-order chi connectivity index (χ0) is 20.5. The van der Waals surface area contributed by atoms with E-state index in [1.165, 1.54) is 35.9 Å². The number of methoxy groups -OCH3 is 1. The number of hydrogen-bond acceptors (Lipinski definition) is 7. The standard InChI is InChI=1S/C18H14FNO5S3/c1-20-17(21)16(27-18(20)26)10-11-3-8-14(15(9-11)24-2)25-28(22,23)13-6-4-12(19)5-7-13/h3-10H,1-2H3. The lowest BCUT2D eigenvalue weighted by molar-refractivity contribution is -0.121. The summed E-state index contributed by atoms with van der Waals surface area (Å²) in [5.41, 5.74) is 0.609. The molecule has 1 heterocycles. The number of nitrogens with zero attached hydrogens (tertiary/aromatic N) is 1. The molecule has 146 valence electrons. The van der Waals surface area contributed by atoms with Crippen molar-refractivity contribution in [2.75, 3.05) is 14.2 Å². The Labute approximate surface area is 171 Å². The van der Waals surface area contributed by atoms with Gasteiger partial charge in [-0.05, 0) is 48.0 Å². The van der Waals surface area contributed by atoms with Gasteiger partial charge in [-0.15, -0.1) is 0 Å². The minimum absolute atomic E-state index is 0.0352. The van der Waals surface area contributed by atoms with Crippen LogP contribution in [0.5, 0.6) is 11.5 Å². The molecule has 10 heteroatoms. The number of carbonyl (C=O) groups is 1. The average molecular weight is 440 g/mol. The molecule has 1 aliphatic rings. The molecular weight excluding hydrogens is 425 g/mol. The summed E-state index contributed by atoms with van der Waals surface area (Å²) in [5.74, 6) is -0.648. The summed E-state index contributed by atoms with van der Waals surface area (Å²) < 4.78 is 48.6. The summed E-state index contributed by atoms with van der Waals surface area (Å²) in [6.07, 6.45) is 1.63. The maximum absolute atomic E-state index is 13.0. The molecule has 0 bridgehead atoms. The fraction of sp³-hybridized carbons (Fsp3) is 0.111. The molecule has 28 heavy (non-hydrogen) atoms. The van der Waals surface area contributed by atoms with Gasteiger partial charge in [-0.25, -0.2) is 4.39 Å². The number of rotatable bonds is 5. The first-order chi connectivity index (χ1) is 13.2. The summed E-state index contributed by atoms with van der Waals surface area (Å²) in [6.45, 7) is 0. The zero-order valence-electron chi connectivity index (χ0n) is 14.7. The van der Waals surface area contributed by atoms with Crippen molar-refractivity contribution in [3.8, 4) is 11.5 Å². The van der Waals surface area contributed by atoms with Gasteiger partial charge >= 0.3 is 10.1 Å². The molecule has 0 aromatic heterocycles. The van der Waals surface area contributed by atoms with Gasteiger partial charge < -0.3 is 8.92 Å². The van der Waals surface area contributed by atoms with Gasteiger partial charge in [0.05, 0.1) is 12.0 Å². The fourth-order valence-corrected chi connectivity index (χ4v) is 4.43. The number of carbonyl (C=O) groups excluding carboxylic acids is 1. The van der Waals surface area contributed by atoms with E-state index in [2.05, 4.69) is 0 Å². The van der Waals surface area contributed by atoms with Crippen molar-refractivity contribution in [1.29, 1.82) is 0 Å². The summed E-state index contributed by atoms with van der Waals surface area (Å²) in [4.78, 5) is 13.7. The molecule has 6 nitrogen and oxygen atoms in total. The number of halogens is 1. The Morgan fingerprint density at radius 1 is 1.14 bits per heavy atom. The van der Waals surface area contributed by atoms with Crippen LogP contribution in [0, 0.1) is 5.82 Å². The van der Waals surface area contributed by atoms with E-state index in [4.69, 9.17) is 21.1 Å². The fourth-order valence-electron chi connectivity index (χ4n) is 2.31. The second-order valence-corrected chi connectivity index (χ2v) is 8.86. The summed E-state index contributed by atoms with van der Waals surface area (Å²) in [5, 5.41) is 0. The van der Waals surface area contributed by atoms with Crippen LogP contribution in [-0.2, 0) is 14.9 Å². The number of thiocarbonyl (C=S) groups is 1. The lowest BCUT2D eigenvalue weighted by Gasteiger charge is -2.11. The van der Waals surface area contributed by atoms with Crippen LogP contribution in [0.2, 0.25) is 0 Å². The highest BCUT2D eigenvalue weighted by Gasteiger charge is 2.28. The molecule has 1 amide bonds. The third-order valence-corrected chi connectivity index (χ3v) is 6.51. The maximum Gasteiger partial charge on any atom is 0.339 e. The van der Waals surface area contributed by atoms with Crippen molar-refractivity contribution in [3.05, 3.63) is 58.8 Å². The van der Waals surface area contributed by atoms with E-state index < -0.39 is 15.9 Å². The smallest absolute Gasteiger partial charge is 0.339 e. The number of benzene rings is 2. The number of hydrogen-bond donors (Lipinski definition) is 0. The van der Waals surface area contributed by atoms with Gasteiger partial charge in [0.2, 0.25) is 0 Å². The first-order valence-corrected chi connectivity index (χ1v) is 10.4. The van der Waals surface area contributed by atoms with E-state index >= 15 is 0 Å². The van der Waals surface area contributed by atoms with Crippen LogP contribution in [0.3, 0.4) is 0 Å². The van der Waals surface area contributed by atoms with Crippen molar-refractivity contribution < 1.29 is 26.5 Å². The molecule has 0 spiro atoms. The van der Waals surface area contributed by atoms with E-state index in [9.17, 15) is 17.6 Å². The number of likely N-dealkylation sites (N-methyl/N-ethyl adjacent to an activating group) is 1. The molecule has 0 atom stereocenters. The molecule has 0 aliphatic carbocycles. The van der Waals surface area contributed by atoms with Crippen LogP contribution >= 0.6 is 24.0 Å². The highest BCUT2D eigenvalue weighted by molar-refractivity contribution is 8.26. The second kappa shape index (κ2) is 7.90. The molecule has 0 radical (unpaired) electrons. The number of thioether (sulfide) groups is 1. The number of amides is 1. The minimum Gasteiger partial charge on any atom is -0.493 e. The van der Waals surface area contributed by atoms with E-state index in [-0.39, 0.29) is 22.3 Å². The zero-order valence-corrected chi connectivity index (χ0v) is 17.2.